The topological polar surface area (TPSA) is 55.2 Å². The van der Waals surface area contributed by atoms with Crippen molar-refractivity contribution in [3.05, 3.63) is 20.8 Å². The Morgan fingerprint density at radius 3 is 2.84 bits per heavy atom. The van der Waals surface area contributed by atoms with Crippen LogP contribution in [0.5, 0.6) is 0 Å². The van der Waals surface area contributed by atoms with Gasteiger partial charge < -0.3 is 4.90 Å². The second kappa shape index (κ2) is 7.50. The van der Waals surface area contributed by atoms with E-state index in [9.17, 15) is 9.59 Å². The van der Waals surface area contributed by atoms with Crippen molar-refractivity contribution in [3.63, 3.8) is 0 Å². The van der Waals surface area contributed by atoms with Crippen LogP contribution in [0.1, 0.15) is 37.1 Å². The average molecular weight is 380 g/mol. The first-order valence-corrected chi connectivity index (χ1v) is 10.6. The Kier molecular flexibility index (Phi) is 5.53. The minimum absolute atomic E-state index is 0.0101. The molecule has 0 aromatic carbocycles. The lowest BCUT2D eigenvalue weighted by Crippen LogP contribution is -2.40. The van der Waals surface area contributed by atoms with Crippen LogP contribution >= 0.6 is 23.1 Å². The summed E-state index contributed by atoms with van der Waals surface area (Å²) in [6.07, 6.45) is 2.27. The SMILES string of the molecule is CCn1c(SCC(=O)N2CCCC(C)C2)nc2sc(C)c(C)c2c1=O. The number of thioether (sulfide) groups is 1. The molecule has 25 heavy (non-hydrogen) atoms. The van der Waals surface area contributed by atoms with Crippen molar-refractivity contribution in [1.29, 1.82) is 0 Å². The van der Waals surface area contributed by atoms with Crippen molar-refractivity contribution in [2.45, 2.75) is 52.2 Å². The van der Waals surface area contributed by atoms with Gasteiger partial charge >= 0.3 is 0 Å². The molecule has 0 radical (unpaired) electrons. The molecular weight excluding hydrogens is 354 g/mol. The summed E-state index contributed by atoms with van der Waals surface area (Å²) in [5, 5.41) is 1.38. The van der Waals surface area contributed by atoms with Crippen molar-refractivity contribution >= 4 is 39.2 Å². The van der Waals surface area contributed by atoms with Crippen LogP contribution in [0.4, 0.5) is 0 Å². The molecule has 2 aromatic rings. The molecule has 136 valence electrons. The fourth-order valence-corrected chi connectivity index (χ4v) is 5.37. The Morgan fingerprint density at radius 2 is 2.16 bits per heavy atom. The van der Waals surface area contributed by atoms with E-state index in [4.69, 9.17) is 4.98 Å². The maximum atomic E-state index is 12.8. The number of hydrogen-bond acceptors (Lipinski definition) is 5. The van der Waals surface area contributed by atoms with Gasteiger partial charge in [-0.15, -0.1) is 11.3 Å². The van der Waals surface area contributed by atoms with Crippen molar-refractivity contribution < 1.29 is 4.79 Å². The normalized spacial score (nSPS) is 18.1. The fraction of sp³-hybridized carbons (Fsp3) is 0.611. The summed E-state index contributed by atoms with van der Waals surface area (Å²) in [5.41, 5.74) is 1.03. The lowest BCUT2D eigenvalue weighted by Gasteiger charge is -2.30. The van der Waals surface area contributed by atoms with Gasteiger partial charge in [-0.05, 0) is 45.1 Å². The predicted molar refractivity (Wildman–Crippen MR) is 105 cm³/mol. The predicted octanol–water partition coefficient (Wildman–Crippen LogP) is 3.45. The molecule has 3 heterocycles. The van der Waals surface area contributed by atoms with Gasteiger partial charge in [-0.3, -0.25) is 14.2 Å². The van der Waals surface area contributed by atoms with Crippen LogP contribution in [0.3, 0.4) is 0 Å². The summed E-state index contributed by atoms with van der Waals surface area (Å²) in [4.78, 5) is 33.9. The standard InChI is InChI=1S/C18H25N3O2S2/c1-5-21-17(23)15-12(3)13(4)25-16(15)19-18(21)24-10-14(22)20-8-6-7-11(2)9-20/h11H,5-10H2,1-4H3. The third-order valence-electron chi connectivity index (χ3n) is 4.90. The summed E-state index contributed by atoms with van der Waals surface area (Å²) >= 11 is 2.94. The van der Waals surface area contributed by atoms with Gasteiger partial charge in [-0.2, -0.15) is 0 Å². The molecule has 3 rings (SSSR count). The number of carbonyl (C=O) groups excluding carboxylic acids is 1. The van der Waals surface area contributed by atoms with E-state index in [1.165, 1.54) is 18.2 Å². The maximum Gasteiger partial charge on any atom is 0.263 e. The van der Waals surface area contributed by atoms with Gasteiger partial charge in [-0.1, -0.05) is 18.7 Å². The van der Waals surface area contributed by atoms with Gasteiger partial charge in [0.25, 0.3) is 5.56 Å². The minimum Gasteiger partial charge on any atom is -0.342 e. The van der Waals surface area contributed by atoms with E-state index in [-0.39, 0.29) is 11.5 Å². The van der Waals surface area contributed by atoms with Gasteiger partial charge in [-0.25, -0.2) is 4.98 Å². The lowest BCUT2D eigenvalue weighted by atomic mass is 10.0. The molecule has 2 aromatic heterocycles. The van der Waals surface area contributed by atoms with Crippen LogP contribution in [0.2, 0.25) is 0 Å². The monoisotopic (exact) mass is 379 g/mol. The van der Waals surface area contributed by atoms with Gasteiger partial charge in [0.15, 0.2) is 5.16 Å². The highest BCUT2D eigenvalue weighted by atomic mass is 32.2. The van der Waals surface area contributed by atoms with Crippen LogP contribution < -0.4 is 5.56 Å². The summed E-state index contributed by atoms with van der Waals surface area (Å²) < 4.78 is 1.69. The first-order chi connectivity index (χ1) is 11.9. The Balaban J connectivity index is 1.83. The van der Waals surface area contributed by atoms with Gasteiger partial charge in [0.1, 0.15) is 4.83 Å². The lowest BCUT2D eigenvalue weighted by molar-refractivity contribution is -0.130. The molecular formula is C18H25N3O2S2. The summed E-state index contributed by atoms with van der Waals surface area (Å²) in [7, 11) is 0. The first kappa shape index (κ1) is 18.5. The highest BCUT2D eigenvalue weighted by molar-refractivity contribution is 7.99. The fourth-order valence-electron chi connectivity index (χ4n) is 3.33. The summed E-state index contributed by atoms with van der Waals surface area (Å²) in [5.74, 6) is 1.06. The second-order valence-corrected chi connectivity index (χ2v) is 8.93. The molecule has 1 unspecified atom stereocenters. The van der Waals surface area contributed by atoms with E-state index >= 15 is 0 Å². The van der Waals surface area contributed by atoms with E-state index in [0.29, 0.717) is 23.4 Å². The number of nitrogens with zero attached hydrogens (tertiary/aromatic N) is 3. The van der Waals surface area contributed by atoms with E-state index in [0.717, 1.165) is 40.2 Å². The van der Waals surface area contributed by atoms with Crippen LogP contribution in [0.15, 0.2) is 9.95 Å². The highest BCUT2D eigenvalue weighted by Crippen LogP contribution is 2.28. The number of likely N-dealkylation sites (tertiary alicyclic amines) is 1. The summed E-state index contributed by atoms with van der Waals surface area (Å²) in [6.45, 7) is 10.4. The van der Waals surface area contributed by atoms with Crippen LogP contribution in [-0.2, 0) is 11.3 Å². The number of carbonyl (C=O) groups is 1. The molecule has 0 bridgehead atoms. The first-order valence-electron chi connectivity index (χ1n) is 8.83. The molecule has 1 fully saturated rings. The van der Waals surface area contributed by atoms with E-state index in [1.54, 1.807) is 15.9 Å². The van der Waals surface area contributed by atoms with Crippen molar-refractivity contribution in [3.8, 4) is 0 Å². The van der Waals surface area contributed by atoms with E-state index < -0.39 is 0 Å². The Bertz CT molecular complexity index is 856. The number of hydrogen-bond donors (Lipinski definition) is 0. The van der Waals surface area contributed by atoms with Crippen LogP contribution in [0, 0.1) is 19.8 Å². The van der Waals surface area contributed by atoms with Crippen molar-refractivity contribution in [2.24, 2.45) is 5.92 Å². The van der Waals surface area contributed by atoms with Crippen LogP contribution in [-0.4, -0.2) is 39.2 Å². The van der Waals surface area contributed by atoms with Gasteiger partial charge in [0.2, 0.25) is 5.91 Å². The number of amides is 1. The summed E-state index contributed by atoms with van der Waals surface area (Å²) in [6, 6.07) is 0. The Hall–Kier alpha value is -1.34. The molecule has 0 N–H and O–H groups in total. The second-order valence-electron chi connectivity index (χ2n) is 6.78. The molecule has 7 heteroatoms. The molecule has 0 aliphatic carbocycles. The number of thiophene rings is 1. The van der Waals surface area contributed by atoms with Gasteiger partial charge in [0.05, 0.1) is 11.1 Å². The van der Waals surface area contributed by atoms with Gasteiger partial charge in [0, 0.05) is 24.5 Å². The highest BCUT2D eigenvalue weighted by Gasteiger charge is 2.22. The van der Waals surface area contributed by atoms with Crippen molar-refractivity contribution in [1.82, 2.24) is 14.5 Å². The largest absolute Gasteiger partial charge is 0.342 e. The molecule has 1 aliphatic heterocycles. The molecule has 1 atom stereocenters. The molecule has 1 saturated heterocycles. The third-order valence-corrected chi connectivity index (χ3v) is 6.97. The molecule has 5 nitrogen and oxygen atoms in total. The number of piperidine rings is 1. The molecule has 1 aliphatic rings. The quantitative estimate of drug-likeness (QED) is 0.603. The number of aromatic nitrogens is 2. The number of fused-ring (bicyclic) bond motifs is 1. The van der Waals surface area contributed by atoms with Crippen LogP contribution in [0.25, 0.3) is 10.2 Å². The molecule has 0 saturated carbocycles. The Labute approximate surface area is 156 Å². The van der Waals surface area contributed by atoms with E-state index in [2.05, 4.69) is 6.92 Å². The third kappa shape index (κ3) is 3.62. The number of rotatable bonds is 4. The maximum absolute atomic E-state index is 12.8. The number of aryl methyl sites for hydroxylation is 2. The van der Waals surface area contributed by atoms with Crippen molar-refractivity contribution in [2.75, 3.05) is 18.8 Å². The smallest absolute Gasteiger partial charge is 0.263 e. The zero-order valence-electron chi connectivity index (χ0n) is 15.3. The molecule has 1 amide bonds. The Morgan fingerprint density at radius 1 is 1.40 bits per heavy atom. The minimum atomic E-state index is 0.0101. The molecule has 0 spiro atoms. The zero-order chi connectivity index (χ0) is 18.1. The average Bonchev–Trinajstić information content (AvgIpc) is 2.87. The zero-order valence-corrected chi connectivity index (χ0v) is 16.9. The van der Waals surface area contributed by atoms with E-state index in [1.807, 2.05) is 25.7 Å².